The molecule has 0 atom stereocenters. The van der Waals surface area contributed by atoms with Crippen molar-refractivity contribution in [3.63, 3.8) is 0 Å². The molecule has 0 radical (unpaired) electrons. The first kappa shape index (κ1) is 30.5. The molecule has 3 aromatic heterocycles. The van der Waals surface area contributed by atoms with Crippen LogP contribution in [0.3, 0.4) is 0 Å². The van der Waals surface area contributed by atoms with Crippen molar-refractivity contribution in [1.29, 1.82) is 0 Å². The van der Waals surface area contributed by atoms with E-state index in [9.17, 15) is 0 Å². The van der Waals surface area contributed by atoms with Gasteiger partial charge in [0.25, 0.3) is 0 Å². The molecular weight excluding hydrogens is 651 g/mol. The van der Waals surface area contributed by atoms with Crippen molar-refractivity contribution < 1.29 is 4.42 Å². The molecule has 53 heavy (non-hydrogen) atoms. The van der Waals surface area contributed by atoms with Gasteiger partial charge in [0, 0.05) is 33.0 Å². The standard InChI is InChI=1S/C47H29N5O/c1-3-13-32(14-4-1)44-48-39(36-27-22-30-12-7-8-17-35(30)28-36)29-40(49-44)47-51-45(33-15-5-2-6-16-33)50-46(52-47)34-25-23-31(24-26-34)37-19-11-21-42-43(37)38-18-9-10-20-41(38)53-42/h1-29H. The van der Waals surface area contributed by atoms with Crippen LogP contribution < -0.4 is 0 Å². The average Bonchev–Trinajstić information content (AvgIpc) is 3.63. The third-order valence-corrected chi connectivity index (χ3v) is 9.56. The molecule has 0 N–H and O–H groups in total. The Hall–Kier alpha value is -7.31. The van der Waals surface area contributed by atoms with Crippen LogP contribution in [-0.2, 0) is 0 Å². The SMILES string of the molecule is c1ccc(-c2nc(-c3ccc4ccccc4c3)cc(-c3nc(-c4ccccc4)nc(-c4ccc(-c5cccc6oc7ccccc7c56)cc4)n3)n2)cc1. The number of fused-ring (bicyclic) bond motifs is 4. The van der Waals surface area contributed by atoms with Gasteiger partial charge in [-0.2, -0.15) is 0 Å². The number of furan rings is 1. The van der Waals surface area contributed by atoms with E-state index in [0.717, 1.165) is 66.4 Å². The molecule has 10 aromatic rings. The van der Waals surface area contributed by atoms with E-state index in [1.165, 1.54) is 5.39 Å². The van der Waals surface area contributed by atoms with E-state index in [2.05, 4.69) is 78.9 Å². The fraction of sp³-hybridized carbons (Fsp3) is 0. The first-order valence-corrected chi connectivity index (χ1v) is 17.5. The molecule has 0 amide bonds. The lowest BCUT2D eigenvalue weighted by molar-refractivity contribution is 0.669. The van der Waals surface area contributed by atoms with Crippen LogP contribution in [0.1, 0.15) is 0 Å². The van der Waals surface area contributed by atoms with Gasteiger partial charge in [0.2, 0.25) is 0 Å². The second-order valence-electron chi connectivity index (χ2n) is 12.9. The predicted octanol–water partition coefficient (Wildman–Crippen LogP) is 11.7. The highest BCUT2D eigenvalue weighted by Gasteiger charge is 2.18. The molecule has 0 bridgehead atoms. The van der Waals surface area contributed by atoms with E-state index in [1.54, 1.807) is 0 Å². The summed E-state index contributed by atoms with van der Waals surface area (Å²) in [6.07, 6.45) is 0. The maximum atomic E-state index is 6.17. The van der Waals surface area contributed by atoms with Crippen molar-refractivity contribution >= 4 is 32.7 Å². The van der Waals surface area contributed by atoms with Gasteiger partial charge >= 0.3 is 0 Å². The molecule has 6 heteroatoms. The van der Waals surface area contributed by atoms with Crippen LogP contribution in [0.25, 0.3) is 101 Å². The molecule has 0 aliphatic carbocycles. The minimum absolute atomic E-state index is 0.467. The normalized spacial score (nSPS) is 11.4. The molecule has 0 aliphatic heterocycles. The topological polar surface area (TPSA) is 77.6 Å². The van der Waals surface area contributed by atoms with Crippen LogP contribution in [0.15, 0.2) is 180 Å². The second kappa shape index (κ2) is 12.8. The number of hydrogen-bond donors (Lipinski definition) is 0. The molecule has 7 aromatic carbocycles. The summed E-state index contributed by atoms with van der Waals surface area (Å²) in [6.45, 7) is 0. The molecule has 0 saturated carbocycles. The van der Waals surface area contributed by atoms with Gasteiger partial charge in [-0.3, -0.25) is 0 Å². The van der Waals surface area contributed by atoms with Crippen molar-refractivity contribution in [3.8, 4) is 68.1 Å². The average molecular weight is 680 g/mol. The van der Waals surface area contributed by atoms with Gasteiger partial charge in [0.1, 0.15) is 16.9 Å². The number of para-hydroxylation sites is 1. The summed E-state index contributed by atoms with van der Waals surface area (Å²) in [7, 11) is 0. The molecule has 0 fully saturated rings. The van der Waals surface area contributed by atoms with Crippen LogP contribution in [0.5, 0.6) is 0 Å². The third-order valence-electron chi connectivity index (χ3n) is 9.56. The van der Waals surface area contributed by atoms with Crippen LogP contribution >= 0.6 is 0 Å². The zero-order valence-electron chi connectivity index (χ0n) is 28.4. The molecule has 6 nitrogen and oxygen atoms in total. The summed E-state index contributed by atoms with van der Waals surface area (Å²) in [5.74, 6) is 2.19. The summed E-state index contributed by atoms with van der Waals surface area (Å²) in [5, 5.41) is 4.51. The molecule has 3 heterocycles. The summed E-state index contributed by atoms with van der Waals surface area (Å²) < 4.78 is 6.17. The quantitative estimate of drug-likeness (QED) is 0.174. The molecular formula is C47H29N5O. The lowest BCUT2D eigenvalue weighted by Gasteiger charge is -2.12. The van der Waals surface area contributed by atoms with Crippen molar-refractivity contribution in [1.82, 2.24) is 24.9 Å². The van der Waals surface area contributed by atoms with Gasteiger partial charge in [-0.25, -0.2) is 24.9 Å². The van der Waals surface area contributed by atoms with Crippen molar-refractivity contribution in [2.24, 2.45) is 0 Å². The van der Waals surface area contributed by atoms with E-state index in [4.69, 9.17) is 29.3 Å². The van der Waals surface area contributed by atoms with Crippen molar-refractivity contribution in [2.45, 2.75) is 0 Å². The van der Waals surface area contributed by atoms with E-state index in [1.807, 2.05) is 97.1 Å². The fourth-order valence-corrected chi connectivity index (χ4v) is 6.92. The molecule has 0 aliphatic rings. The Balaban J connectivity index is 1.12. The molecule has 0 spiro atoms. The Morgan fingerprint density at radius 3 is 1.62 bits per heavy atom. The predicted molar refractivity (Wildman–Crippen MR) is 213 cm³/mol. The number of hydrogen-bond acceptors (Lipinski definition) is 6. The van der Waals surface area contributed by atoms with Crippen LogP contribution in [0.4, 0.5) is 0 Å². The van der Waals surface area contributed by atoms with Crippen LogP contribution in [-0.4, -0.2) is 24.9 Å². The molecule has 248 valence electrons. The van der Waals surface area contributed by atoms with Crippen molar-refractivity contribution in [2.75, 3.05) is 0 Å². The Labute approximate surface area is 305 Å². The van der Waals surface area contributed by atoms with Crippen LogP contribution in [0, 0.1) is 0 Å². The number of rotatable bonds is 6. The number of nitrogens with zero attached hydrogens (tertiary/aromatic N) is 5. The molecule has 0 unspecified atom stereocenters. The van der Waals surface area contributed by atoms with E-state index in [-0.39, 0.29) is 0 Å². The number of aromatic nitrogens is 5. The lowest BCUT2D eigenvalue weighted by atomic mass is 9.98. The first-order chi connectivity index (χ1) is 26.2. The van der Waals surface area contributed by atoms with Gasteiger partial charge in [-0.1, -0.05) is 152 Å². The summed E-state index contributed by atoms with van der Waals surface area (Å²) in [4.78, 5) is 25.2. The van der Waals surface area contributed by atoms with E-state index < -0.39 is 0 Å². The minimum Gasteiger partial charge on any atom is -0.456 e. The Morgan fingerprint density at radius 1 is 0.321 bits per heavy atom. The second-order valence-corrected chi connectivity index (χ2v) is 12.9. The number of benzene rings is 7. The maximum absolute atomic E-state index is 6.17. The third kappa shape index (κ3) is 5.69. The minimum atomic E-state index is 0.467. The van der Waals surface area contributed by atoms with E-state index >= 15 is 0 Å². The molecule has 10 rings (SSSR count). The lowest BCUT2D eigenvalue weighted by Crippen LogP contribution is -2.03. The molecule has 0 saturated heterocycles. The monoisotopic (exact) mass is 679 g/mol. The Bertz CT molecular complexity index is 2940. The summed E-state index contributed by atoms with van der Waals surface area (Å²) >= 11 is 0. The van der Waals surface area contributed by atoms with Gasteiger partial charge in [-0.15, -0.1) is 0 Å². The van der Waals surface area contributed by atoms with E-state index in [0.29, 0.717) is 29.0 Å². The Morgan fingerprint density at radius 2 is 0.868 bits per heavy atom. The van der Waals surface area contributed by atoms with Gasteiger partial charge in [0.15, 0.2) is 23.3 Å². The summed E-state index contributed by atoms with van der Waals surface area (Å²) in [6, 6.07) is 59.5. The summed E-state index contributed by atoms with van der Waals surface area (Å²) in [5.41, 5.74) is 8.97. The largest absolute Gasteiger partial charge is 0.456 e. The highest BCUT2D eigenvalue weighted by molar-refractivity contribution is 6.12. The smallest absolute Gasteiger partial charge is 0.182 e. The fourth-order valence-electron chi connectivity index (χ4n) is 6.92. The highest BCUT2D eigenvalue weighted by Crippen LogP contribution is 2.37. The zero-order valence-corrected chi connectivity index (χ0v) is 28.4. The van der Waals surface area contributed by atoms with Crippen molar-refractivity contribution in [3.05, 3.63) is 176 Å². The maximum Gasteiger partial charge on any atom is 0.182 e. The van der Waals surface area contributed by atoms with Gasteiger partial charge in [0.05, 0.1) is 5.69 Å². The Kier molecular flexibility index (Phi) is 7.36. The van der Waals surface area contributed by atoms with Gasteiger partial charge < -0.3 is 4.42 Å². The highest BCUT2D eigenvalue weighted by atomic mass is 16.3. The van der Waals surface area contributed by atoms with Gasteiger partial charge in [-0.05, 0) is 46.2 Å². The zero-order chi connectivity index (χ0) is 35.1. The van der Waals surface area contributed by atoms with Crippen LogP contribution in [0.2, 0.25) is 0 Å². The first-order valence-electron chi connectivity index (χ1n) is 17.5.